The van der Waals surface area contributed by atoms with Gasteiger partial charge in [-0.05, 0) is 0 Å². The van der Waals surface area contributed by atoms with Gasteiger partial charge in [-0.15, -0.1) is 0 Å². The molecule has 1 aliphatic rings. The van der Waals surface area contributed by atoms with Gasteiger partial charge in [0.25, 0.3) is 0 Å². The molecular formula is C10H9F4N. The van der Waals surface area contributed by atoms with Crippen molar-refractivity contribution in [3.8, 4) is 0 Å². The number of hydrogen-bond acceptors (Lipinski definition) is 1. The fourth-order valence-corrected chi connectivity index (χ4v) is 1.57. The van der Waals surface area contributed by atoms with Crippen molar-refractivity contribution in [1.29, 1.82) is 0 Å². The molecule has 0 amide bonds. The molecule has 1 aromatic carbocycles. The highest BCUT2D eigenvalue weighted by molar-refractivity contribution is 5.24. The quantitative estimate of drug-likeness (QED) is 0.753. The van der Waals surface area contributed by atoms with Crippen molar-refractivity contribution in [2.45, 2.75) is 6.17 Å². The Labute approximate surface area is 84.1 Å². The van der Waals surface area contributed by atoms with Gasteiger partial charge in [-0.1, -0.05) is 0 Å². The maximum absolute atomic E-state index is 13.6. The molecule has 0 saturated carbocycles. The topological polar surface area (TPSA) is 12.0 Å². The molecule has 1 aliphatic heterocycles. The first-order valence-electron chi connectivity index (χ1n) is 4.59. The first kappa shape index (κ1) is 10.4. The van der Waals surface area contributed by atoms with E-state index in [4.69, 9.17) is 0 Å². The average molecular weight is 219 g/mol. The van der Waals surface area contributed by atoms with E-state index in [1.165, 1.54) is 0 Å². The van der Waals surface area contributed by atoms with E-state index >= 15 is 0 Å². The predicted molar refractivity (Wildman–Crippen MR) is 46.5 cm³/mol. The van der Waals surface area contributed by atoms with Crippen LogP contribution in [0.3, 0.4) is 0 Å². The van der Waals surface area contributed by atoms with Crippen molar-refractivity contribution >= 4 is 0 Å². The van der Waals surface area contributed by atoms with Crippen molar-refractivity contribution in [3.63, 3.8) is 0 Å². The molecule has 1 saturated heterocycles. The predicted octanol–water partition coefficient (Wildman–Crippen LogP) is 2.33. The fourth-order valence-electron chi connectivity index (χ4n) is 1.57. The molecule has 15 heavy (non-hydrogen) atoms. The molecule has 1 aromatic rings. The molecule has 0 aliphatic carbocycles. The third kappa shape index (κ3) is 1.84. The molecule has 1 nitrogen and oxygen atoms in total. The number of alkyl halides is 1. The van der Waals surface area contributed by atoms with Gasteiger partial charge in [0.1, 0.15) is 23.6 Å². The highest BCUT2D eigenvalue weighted by Gasteiger charge is 2.32. The van der Waals surface area contributed by atoms with Gasteiger partial charge in [0.2, 0.25) is 0 Å². The van der Waals surface area contributed by atoms with Gasteiger partial charge in [0.15, 0.2) is 0 Å². The van der Waals surface area contributed by atoms with Gasteiger partial charge in [-0.25, -0.2) is 17.6 Å². The second-order valence-electron chi connectivity index (χ2n) is 3.60. The van der Waals surface area contributed by atoms with Crippen LogP contribution in [0.25, 0.3) is 0 Å². The minimum Gasteiger partial charge on any atom is -0.316 e. The Kier molecular flexibility index (Phi) is 2.65. The zero-order chi connectivity index (χ0) is 11.0. The summed E-state index contributed by atoms with van der Waals surface area (Å²) in [6.45, 7) is 0.773. The molecule has 1 N–H and O–H groups in total. The Bertz CT molecular complexity index is 353. The summed E-state index contributed by atoms with van der Waals surface area (Å²) in [7, 11) is 0. The molecule has 1 fully saturated rings. The summed E-state index contributed by atoms with van der Waals surface area (Å²) in [4.78, 5) is 0. The van der Waals surface area contributed by atoms with Gasteiger partial charge in [-0.2, -0.15) is 0 Å². The van der Waals surface area contributed by atoms with E-state index in [1.54, 1.807) is 0 Å². The summed E-state index contributed by atoms with van der Waals surface area (Å²) in [6.07, 6.45) is -1.72. The molecule has 82 valence electrons. The molecule has 1 atom stereocenters. The van der Waals surface area contributed by atoms with Gasteiger partial charge < -0.3 is 5.32 Å². The molecule has 0 radical (unpaired) electrons. The second-order valence-corrected chi connectivity index (χ2v) is 3.60. The molecule has 0 aromatic heterocycles. The normalized spacial score (nSPS) is 18.7. The molecule has 1 unspecified atom stereocenters. The maximum Gasteiger partial charge on any atom is 0.136 e. The highest BCUT2D eigenvalue weighted by atomic mass is 19.2. The minimum absolute atomic E-state index is 0.386. The van der Waals surface area contributed by atoms with E-state index in [0.29, 0.717) is 25.2 Å². The Morgan fingerprint density at radius 3 is 2.07 bits per heavy atom. The van der Waals surface area contributed by atoms with E-state index in [-0.39, 0.29) is 0 Å². The van der Waals surface area contributed by atoms with Crippen LogP contribution in [0.1, 0.15) is 11.7 Å². The van der Waals surface area contributed by atoms with Crippen molar-refractivity contribution < 1.29 is 17.6 Å². The summed E-state index contributed by atoms with van der Waals surface area (Å²) >= 11 is 0. The lowest BCUT2D eigenvalue weighted by Gasteiger charge is -2.30. The summed E-state index contributed by atoms with van der Waals surface area (Å²) < 4.78 is 52.4. The zero-order valence-corrected chi connectivity index (χ0v) is 7.74. The van der Waals surface area contributed by atoms with E-state index in [9.17, 15) is 17.6 Å². The molecule has 2 rings (SSSR count). The molecular weight excluding hydrogens is 210 g/mol. The third-order valence-electron chi connectivity index (χ3n) is 2.55. The summed E-state index contributed by atoms with van der Waals surface area (Å²) in [6, 6.07) is 0.994. The number of nitrogens with one attached hydrogen (secondary N) is 1. The monoisotopic (exact) mass is 219 g/mol. The Hall–Kier alpha value is -1.10. The minimum atomic E-state index is -1.72. The van der Waals surface area contributed by atoms with E-state index in [1.807, 2.05) is 0 Å². The summed E-state index contributed by atoms with van der Waals surface area (Å²) in [5.41, 5.74) is -0.664. The van der Waals surface area contributed by atoms with Gasteiger partial charge >= 0.3 is 0 Å². The zero-order valence-electron chi connectivity index (χ0n) is 7.74. The van der Waals surface area contributed by atoms with Crippen LogP contribution < -0.4 is 5.32 Å². The number of rotatable bonds is 2. The number of hydrogen-bond donors (Lipinski definition) is 1. The van der Waals surface area contributed by atoms with Crippen molar-refractivity contribution in [3.05, 3.63) is 35.1 Å². The van der Waals surface area contributed by atoms with Gasteiger partial charge in [-0.3, -0.25) is 0 Å². The average Bonchev–Trinajstić information content (AvgIpc) is 1.97. The maximum atomic E-state index is 13.6. The lowest BCUT2D eigenvalue weighted by molar-refractivity contribution is 0.162. The van der Waals surface area contributed by atoms with E-state index in [0.717, 1.165) is 0 Å². The SMILES string of the molecule is Fc1cc(F)c(C(F)C2CNC2)c(F)c1. The van der Waals surface area contributed by atoms with Crippen molar-refractivity contribution in [2.24, 2.45) is 5.92 Å². The van der Waals surface area contributed by atoms with E-state index in [2.05, 4.69) is 5.32 Å². The van der Waals surface area contributed by atoms with E-state index < -0.39 is 35.1 Å². The second kappa shape index (κ2) is 3.81. The van der Waals surface area contributed by atoms with Crippen molar-refractivity contribution in [2.75, 3.05) is 13.1 Å². The summed E-state index contributed by atoms with van der Waals surface area (Å²) in [5, 5.41) is 2.80. The van der Waals surface area contributed by atoms with Crippen LogP contribution in [0, 0.1) is 23.4 Å². The van der Waals surface area contributed by atoms with Gasteiger partial charge in [0.05, 0.1) is 5.56 Å². The van der Waals surface area contributed by atoms with Crippen LogP contribution in [-0.4, -0.2) is 13.1 Å². The van der Waals surface area contributed by atoms with Crippen molar-refractivity contribution in [1.82, 2.24) is 5.32 Å². The van der Waals surface area contributed by atoms with Crippen LogP contribution in [0.2, 0.25) is 0 Å². The Morgan fingerprint density at radius 2 is 1.67 bits per heavy atom. The molecule has 1 heterocycles. The fraction of sp³-hybridized carbons (Fsp3) is 0.400. The first-order chi connectivity index (χ1) is 7.09. The van der Waals surface area contributed by atoms with Crippen LogP contribution in [0.15, 0.2) is 12.1 Å². The third-order valence-corrected chi connectivity index (χ3v) is 2.55. The number of benzene rings is 1. The van der Waals surface area contributed by atoms with Gasteiger partial charge in [0, 0.05) is 31.1 Å². The van der Waals surface area contributed by atoms with Crippen LogP contribution in [0.4, 0.5) is 17.6 Å². The molecule has 5 heteroatoms. The smallest absolute Gasteiger partial charge is 0.136 e. The summed E-state index contributed by atoms with van der Waals surface area (Å²) in [5.74, 6) is -3.79. The lowest BCUT2D eigenvalue weighted by atomic mass is 9.91. The number of halogens is 4. The Morgan fingerprint density at radius 1 is 1.13 bits per heavy atom. The van der Waals surface area contributed by atoms with Crippen LogP contribution in [0.5, 0.6) is 0 Å². The standard InChI is InChI=1S/C10H9F4N/c11-6-1-7(12)9(8(13)2-6)10(14)5-3-15-4-5/h1-2,5,10,15H,3-4H2. The highest BCUT2D eigenvalue weighted by Crippen LogP contribution is 2.32. The van der Waals surface area contributed by atoms with Crippen LogP contribution >= 0.6 is 0 Å². The van der Waals surface area contributed by atoms with Crippen LogP contribution in [-0.2, 0) is 0 Å². The molecule has 0 bridgehead atoms. The first-order valence-corrected chi connectivity index (χ1v) is 4.59. The lowest BCUT2D eigenvalue weighted by Crippen LogP contribution is -2.44. The molecule has 0 spiro atoms. The largest absolute Gasteiger partial charge is 0.316 e. The Balaban J connectivity index is 2.33.